The van der Waals surface area contributed by atoms with Crippen molar-refractivity contribution in [2.24, 2.45) is 0 Å². The van der Waals surface area contributed by atoms with Gasteiger partial charge in [-0.25, -0.2) is 0 Å². The number of hydrogen-bond acceptors (Lipinski definition) is 2. The first-order chi connectivity index (χ1) is 10.3. The quantitative estimate of drug-likeness (QED) is 0.616. The lowest BCUT2D eigenvalue weighted by molar-refractivity contribution is 0.415. The van der Waals surface area contributed by atoms with Gasteiger partial charge in [-0.2, -0.15) is 0 Å². The van der Waals surface area contributed by atoms with Crippen LogP contribution >= 0.6 is 0 Å². The molecule has 0 bridgehead atoms. The van der Waals surface area contributed by atoms with Crippen molar-refractivity contribution in [2.75, 3.05) is 14.2 Å². The largest absolute Gasteiger partial charge is 0.497 e. The van der Waals surface area contributed by atoms with Gasteiger partial charge in [-0.3, -0.25) is 0 Å². The number of hydrogen-bond donors (Lipinski definition) is 0. The van der Waals surface area contributed by atoms with Gasteiger partial charge in [0.2, 0.25) is 0 Å². The summed E-state index contributed by atoms with van der Waals surface area (Å²) >= 11 is 0. The van der Waals surface area contributed by atoms with Crippen LogP contribution in [0.1, 0.15) is 0 Å². The smallest absolute Gasteiger partial charge is 0.302 e. The third kappa shape index (κ3) is 2.93. The predicted molar refractivity (Wildman–Crippen MR) is 90.7 cm³/mol. The second-order valence-electron chi connectivity index (χ2n) is 5.46. The number of methoxy groups -OCH3 is 2. The molecule has 2 aromatic rings. The van der Waals surface area contributed by atoms with E-state index in [1.807, 2.05) is 0 Å². The molecule has 118 valence electrons. The Kier molecular flexibility index (Phi) is 4.72. The van der Waals surface area contributed by atoms with Gasteiger partial charge < -0.3 is 17.7 Å². The Morgan fingerprint density at radius 2 is 0.909 bits per heavy atom. The molecular formula is C16H20F2O2Si2. The fourth-order valence-electron chi connectivity index (χ4n) is 2.35. The topological polar surface area (TPSA) is 18.5 Å². The van der Waals surface area contributed by atoms with Crippen molar-refractivity contribution in [1.82, 2.24) is 0 Å². The summed E-state index contributed by atoms with van der Waals surface area (Å²) in [5.74, 6) is 1.28. The molecule has 0 radical (unpaired) electrons. The molecule has 0 saturated carbocycles. The Morgan fingerprint density at radius 3 is 1.14 bits per heavy atom. The Hall–Kier alpha value is -1.67. The van der Waals surface area contributed by atoms with E-state index < -0.39 is 15.9 Å². The van der Waals surface area contributed by atoms with Gasteiger partial charge in [-0.1, -0.05) is 24.3 Å². The fourth-order valence-corrected chi connectivity index (χ4v) is 9.27. The highest BCUT2D eigenvalue weighted by Gasteiger charge is 2.55. The van der Waals surface area contributed by atoms with Gasteiger partial charge in [-0.05, 0) is 47.7 Å². The molecule has 0 N–H and O–H groups in total. The van der Waals surface area contributed by atoms with Crippen LogP contribution < -0.4 is 19.8 Å². The Bertz CT molecular complexity index is 568. The molecule has 0 unspecified atom stereocenters. The van der Waals surface area contributed by atoms with Crippen molar-refractivity contribution in [3.63, 3.8) is 0 Å². The maximum Gasteiger partial charge on any atom is 0.302 e. The van der Waals surface area contributed by atoms with Crippen molar-refractivity contribution in [3.05, 3.63) is 48.5 Å². The SMILES string of the molecule is COc1ccc([Si@](C)(F)[Si@@](C)(F)c2ccc(OC)cc2)cc1. The average molecular weight is 339 g/mol. The van der Waals surface area contributed by atoms with Crippen molar-refractivity contribution in [2.45, 2.75) is 13.1 Å². The van der Waals surface area contributed by atoms with Gasteiger partial charge in [0.25, 0.3) is 0 Å². The minimum absolute atomic E-state index is 0.459. The molecule has 2 rings (SSSR count). The minimum atomic E-state index is -3.74. The van der Waals surface area contributed by atoms with Gasteiger partial charge >= 0.3 is 15.9 Å². The number of halogens is 2. The van der Waals surface area contributed by atoms with Gasteiger partial charge in [0, 0.05) is 0 Å². The molecule has 0 heterocycles. The lowest BCUT2D eigenvalue weighted by Gasteiger charge is -2.30. The molecular weight excluding hydrogens is 318 g/mol. The van der Waals surface area contributed by atoms with E-state index in [0.29, 0.717) is 21.9 Å². The van der Waals surface area contributed by atoms with E-state index in [1.54, 1.807) is 62.8 Å². The van der Waals surface area contributed by atoms with E-state index in [2.05, 4.69) is 0 Å². The highest BCUT2D eigenvalue weighted by atomic mass is 29.3. The van der Waals surface area contributed by atoms with Crippen LogP contribution in [0.2, 0.25) is 13.1 Å². The average Bonchev–Trinajstić information content (AvgIpc) is 2.54. The molecule has 22 heavy (non-hydrogen) atoms. The Morgan fingerprint density at radius 1 is 0.636 bits per heavy atom. The molecule has 0 amide bonds. The molecule has 0 aliphatic heterocycles. The molecule has 0 aliphatic carbocycles. The van der Waals surface area contributed by atoms with Crippen LogP contribution in [0.3, 0.4) is 0 Å². The fraction of sp³-hybridized carbons (Fsp3) is 0.250. The normalized spacial score (nSPS) is 16.5. The maximum atomic E-state index is 15.5. The second-order valence-corrected chi connectivity index (χ2v) is 16.3. The van der Waals surface area contributed by atoms with Crippen LogP contribution in [0.15, 0.2) is 48.5 Å². The van der Waals surface area contributed by atoms with E-state index >= 15 is 8.22 Å². The van der Waals surface area contributed by atoms with Crippen LogP contribution in [0, 0.1) is 0 Å². The monoisotopic (exact) mass is 338 g/mol. The number of rotatable bonds is 5. The zero-order valence-corrected chi connectivity index (χ0v) is 15.2. The van der Waals surface area contributed by atoms with Gasteiger partial charge in [-0.15, -0.1) is 0 Å². The molecule has 0 spiro atoms. The zero-order valence-electron chi connectivity index (χ0n) is 13.2. The molecule has 2 aromatic carbocycles. The van der Waals surface area contributed by atoms with Gasteiger partial charge in [0.1, 0.15) is 11.5 Å². The first kappa shape index (κ1) is 16.7. The molecule has 0 aliphatic rings. The summed E-state index contributed by atoms with van der Waals surface area (Å²) in [6.45, 7) is 2.90. The first-order valence-corrected chi connectivity index (χ1v) is 12.8. The number of ether oxygens (including phenoxy) is 2. The van der Waals surface area contributed by atoms with Crippen molar-refractivity contribution < 1.29 is 17.7 Å². The summed E-state index contributed by atoms with van der Waals surface area (Å²) < 4.78 is 41.1. The van der Waals surface area contributed by atoms with Crippen molar-refractivity contribution in [3.8, 4) is 11.5 Å². The second kappa shape index (κ2) is 6.22. The first-order valence-electron chi connectivity index (χ1n) is 7.00. The van der Waals surface area contributed by atoms with E-state index in [4.69, 9.17) is 9.47 Å². The minimum Gasteiger partial charge on any atom is -0.497 e. The van der Waals surface area contributed by atoms with E-state index in [0.717, 1.165) is 0 Å². The summed E-state index contributed by atoms with van der Waals surface area (Å²) in [5, 5.41) is 0.918. The zero-order chi connectivity index (χ0) is 16.4. The van der Waals surface area contributed by atoms with Crippen LogP contribution in [-0.2, 0) is 0 Å². The molecule has 0 saturated heterocycles. The highest BCUT2D eigenvalue weighted by Crippen LogP contribution is 2.24. The van der Waals surface area contributed by atoms with E-state index in [1.165, 1.54) is 13.1 Å². The van der Waals surface area contributed by atoms with Gasteiger partial charge in [0.05, 0.1) is 14.2 Å². The molecule has 2 atom stereocenters. The van der Waals surface area contributed by atoms with Crippen molar-refractivity contribution in [1.29, 1.82) is 0 Å². The molecule has 0 fully saturated rings. The molecule has 0 aromatic heterocycles. The summed E-state index contributed by atoms with van der Waals surface area (Å²) in [5.41, 5.74) is 0. The van der Waals surface area contributed by atoms with Crippen LogP contribution in [0.4, 0.5) is 8.22 Å². The Labute approximate surface area is 131 Å². The van der Waals surface area contributed by atoms with E-state index in [-0.39, 0.29) is 0 Å². The molecule has 2 nitrogen and oxygen atoms in total. The standard InChI is InChI=1S/C16H20F2O2Si2/c1-19-13-5-9-15(10-6-13)21(3,17)22(4,18)16-11-7-14(20-2)8-12-16/h5-12H,1-4H3/t21-,22-/m1/s1. The Balaban J connectivity index is 2.39. The predicted octanol–water partition coefficient (Wildman–Crippen LogP) is 2.99. The maximum absolute atomic E-state index is 15.5. The highest BCUT2D eigenvalue weighted by molar-refractivity contribution is 7.45. The third-order valence-corrected chi connectivity index (χ3v) is 15.8. The van der Waals surface area contributed by atoms with Crippen LogP contribution in [0.25, 0.3) is 0 Å². The summed E-state index contributed by atoms with van der Waals surface area (Å²) in [6, 6.07) is 13.3. The summed E-state index contributed by atoms with van der Waals surface area (Å²) in [6.07, 6.45) is 0. The van der Waals surface area contributed by atoms with Crippen molar-refractivity contribution >= 4 is 26.2 Å². The van der Waals surface area contributed by atoms with E-state index in [9.17, 15) is 0 Å². The summed E-state index contributed by atoms with van der Waals surface area (Å²) in [4.78, 5) is 0. The molecule has 6 heteroatoms. The van der Waals surface area contributed by atoms with Crippen LogP contribution in [-0.4, -0.2) is 30.1 Å². The summed E-state index contributed by atoms with van der Waals surface area (Å²) in [7, 11) is -4.37. The van der Waals surface area contributed by atoms with Crippen LogP contribution in [0.5, 0.6) is 11.5 Å². The van der Waals surface area contributed by atoms with Gasteiger partial charge in [0.15, 0.2) is 0 Å². The number of benzene rings is 2. The lowest BCUT2D eigenvalue weighted by atomic mass is 10.3. The lowest BCUT2D eigenvalue weighted by Crippen LogP contribution is -2.67. The third-order valence-electron chi connectivity index (χ3n) is 4.15.